The lowest BCUT2D eigenvalue weighted by atomic mass is 10.3. The number of sulfonamides is 1. The third-order valence-electron chi connectivity index (χ3n) is 4.65. The molecule has 1 N–H and O–H groups in total. The number of thiazole rings is 1. The number of anilines is 2. The van der Waals surface area contributed by atoms with E-state index in [0.29, 0.717) is 41.5 Å². The molecule has 11 nitrogen and oxygen atoms in total. The number of nitrogens with zero attached hydrogens (tertiary/aromatic N) is 6. The second kappa shape index (κ2) is 8.00. The Labute approximate surface area is 180 Å². The summed E-state index contributed by atoms with van der Waals surface area (Å²) in [6, 6.07) is 4.69. The summed E-state index contributed by atoms with van der Waals surface area (Å²) < 4.78 is 28.0. The van der Waals surface area contributed by atoms with Gasteiger partial charge in [-0.15, -0.1) is 0 Å². The van der Waals surface area contributed by atoms with Crippen LogP contribution in [0.25, 0.3) is 10.2 Å². The quantitative estimate of drug-likeness (QED) is 0.339. The van der Waals surface area contributed by atoms with Crippen molar-refractivity contribution in [2.45, 2.75) is 4.90 Å². The predicted molar refractivity (Wildman–Crippen MR) is 113 cm³/mol. The number of aromatic nitrogens is 3. The van der Waals surface area contributed by atoms with Crippen LogP contribution in [0.15, 0.2) is 29.4 Å². The third kappa shape index (κ3) is 3.94. The Bertz CT molecular complexity index is 1230. The molecule has 30 heavy (non-hydrogen) atoms. The highest BCUT2D eigenvalue weighted by molar-refractivity contribution is 7.89. The first kappa shape index (κ1) is 20.8. The number of hydrogen-bond acceptors (Lipinski definition) is 10. The van der Waals surface area contributed by atoms with Crippen molar-refractivity contribution in [1.29, 1.82) is 0 Å². The number of hydrogen-bond donors (Lipinski definition) is 1. The molecule has 0 saturated carbocycles. The first-order valence-electron chi connectivity index (χ1n) is 8.77. The summed E-state index contributed by atoms with van der Waals surface area (Å²) in [4.78, 5) is 24.6. The van der Waals surface area contributed by atoms with Gasteiger partial charge < -0.3 is 10.2 Å². The molecule has 3 heterocycles. The SMILES string of the molecule is CN1CCN(S(=O)(=O)c2ccc3nc(Nc4ncnc(Cl)c4[N+](=O)[O-])sc3c2)CC1. The standard InChI is InChI=1S/C16H16ClN7O4S2/c1-22-4-6-23(7-5-22)30(27,28)10-2-3-11-12(8-10)29-16(20-11)21-15-13(24(25)26)14(17)18-9-19-15/h2-3,8-9H,4-7H2,1H3,(H,18,19,20,21). The van der Waals surface area contributed by atoms with Gasteiger partial charge in [0, 0.05) is 26.2 Å². The number of fused-ring (bicyclic) bond motifs is 1. The number of likely N-dealkylation sites (N-methyl/N-ethyl adjacent to an activating group) is 1. The molecule has 158 valence electrons. The maximum Gasteiger partial charge on any atom is 0.348 e. The third-order valence-corrected chi connectivity index (χ3v) is 7.75. The van der Waals surface area contributed by atoms with Crippen LogP contribution in [0.5, 0.6) is 0 Å². The minimum absolute atomic E-state index is 0.0932. The van der Waals surface area contributed by atoms with Gasteiger partial charge in [-0.2, -0.15) is 4.31 Å². The number of piperazine rings is 1. The maximum absolute atomic E-state index is 13.0. The topological polar surface area (TPSA) is 134 Å². The number of nitro groups is 1. The van der Waals surface area contributed by atoms with Gasteiger partial charge in [0.25, 0.3) is 0 Å². The highest BCUT2D eigenvalue weighted by Gasteiger charge is 2.28. The van der Waals surface area contributed by atoms with Crippen LogP contribution in [0.1, 0.15) is 0 Å². The minimum atomic E-state index is -3.61. The van der Waals surface area contributed by atoms with Crippen LogP contribution >= 0.6 is 22.9 Å². The van der Waals surface area contributed by atoms with Gasteiger partial charge in [0.15, 0.2) is 5.13 Å². The van der Waals surface area contributed by atoms with E-state index in [9.17, 15) is 18.5 Å². The first-order chi connectivity index (χ1) is 14.3. The fraction of sp³-hybridized carbons (Fsp3) is 0.312. The zero-order valence-electron chi connectivity index (χ0n) is 15.6. The predicted octanol–water partition coefficient (Wildman–Crippen LogP) is 2.33. The minimum Gasteiger partial charge on any atom is -0.310 e. The molecule has 0 radical (unpaired) electrons. The van der Waals surface area contributed by atoms with Crippen LogP contribution in [0.3, 0.4) is 0 Å². The second-order valence-electron chi connectivity index (χ2n) is 6.60. The van der Waals surface area contributed by atoms with Gasteiger partial charge in [-0.3, -0.25) is 10.1 Å². The molecule has 4 rings (SSSR count). The largest absolute Gasteiger partial charge is 0.348 e. The van der Waals surface area contributed by atoms with Crippen molar-refractivity contribution in [3.8, 4) is 0 Å². The summed E-state index contributed by atoms with van der Waals surface area (Å²) in [6.07, 6.45) is 1.10. The maximum atomic E-state index is 13.0. The average Bonchev–Trinajstić information content (AvgIpc) is 3.09. The first-order valence-corrected chi connectivity index (χ1v) is 11.4. The number of halogens is 1. The zero-order valence-corrected chi connectivity index (χ0v) is 18.0. The van der Waals surface area contributed by atoms with Gasteiger partial charge in [-0.05, 0) is 25.2 Å². The Morgan fingerprint density at radius 1 is 1.23 bits per heavy atom. The Morgan fingerprint density at radius 2 is 1.97 bits per heavy atom. The normalized spacial score (nSPS) is 16.1. The van der Waals surface area contributed by atoms with E-state index >= 15 is 0 Å². The van der Waals surface area contributed by atoms with Crippen molar-refractivity contribution in [1.82, 2.24) is 24.2 Å². The van der Waals surface area contributed by atoms with Crippen LogP contribution < -0.4 is 5.32 Å². The van der Waals surface area contributed by atoms with Crippen molar-refractivity contribution >= 4 is 59.8 Å². The van der Waals surface area contributed by atoms with E-state index in [-0.39, 0.29) is 15.9 Å². The van der Waals surface area contributed by atoms with Gasteiger partial charge >= 0.3 is 5.69 Å². The molecule has 1 fully saturated rings. The molecule has 14 heteroatoms. The van der Waals surface area contributed by atoms with Crippen LogP contribution in [0, 0.1) is 10.1 Å². The van der Waals surface area contributed by atoms with Crippen molar-refractivity contribution in [3.05, 3.63) is 39.8 Å². The lowest BCUT2D eigenvalue weighted by Crippen LogP contribution is -2.46. The summed E-state index contributed by atoms with van der Waals surface area (Å²) in [6.45, 7) is 2.22. The van der Waals surface area contributed by atoms with Crippen molar-refractivity contribution < 1.29 is 13.3 Å². The van der Waals surface area contributed by atoms with Gasteiger partial charge in [-0.1, -0.05) is 22.9 Å². The number of benzene rings is 1. The Morgan fingerprint density at radius 3 is 2.67 bits per heavy atom. The highest BCUT2D eigenvalue weighted by Crippen LogP contribution is 2.34. The van der Waals surface area contributed by atoms with Crippen molar-refractivity contribution in [3.63, 3.8) is 0 Å². The lowest BCUT2D eigenvalue weighted by molar-refractivity contribution is -0.384. The van der Waals surface area contributed by atoms with Crippen LogP contribution in [-0.2, 0) is 10.0 Å². The molecule has 0 bridgehead atoms. The summed E-state index contributed by atoms with van der Waals surface area (Å²) in [7, 11) is -1.66. The molecule has 1 saturated heterocycles. The molecule has 0 unspecified atom stereocenters. The van der Waals surface area contributed by atoms with E-state index in [1.165, 1.54) is 10.4 Å². The van der Waals surface area contributed by atoms with E-state index in [2.05, 4.69) is 25.2 Å². The van der Waals surface area contributed by atoms with Gasteiger partial charge in [0.2, 0.25) is 21.0 Å². The highest BCUT2D eigenvalue weighted by atomic mass is 35.5. The van der Waals surface area contributed by atoms with E-state index < -0.39 is 20.6 Å². The Hall–Kier alpha value is -2.45. The monoisotopic (exact) mass is 469 g/mol. The van der Waals surface area contributed by atoms with Gasteiger partial charge in [-0.25, -0.2) is 23.4 Å². The fourth-order valence-corrected chi connectivity index (χ4v) is 5.64. The van der Waals surface area contributed by atoms with Gasteiger partial charge in [0.05, 0.1) is 20.0 Å². The van der Waals surface area contributed by atoms with Crippen LogP contribution in [-0.4, -0.2) is 70.7 Å². The molecule has 0 amide bonds. The van der Waals surface area contributed by atoms with E-state index in [4.69, 9.17) is 11.6 Å². The summed E-state index contributed by atoms with van der Waals surface area (Å²) >= 11 is 6.96. The molecule has 0 aliphatic carbocycles. The molecule has 0 spiro atoms. The number of rotatable bonds is 5. The molecule has 1 aromatic carbocycles. The lowest BCUT2D eigenvalue weighted by Gasteiger charge is -2.31. The zero-order chi connectivity index (χ0) is 21.5. The summed E-state index contributed by atoms with van der Waals surface area (Å²) in [5.41, 5.74) is 0.0967. The average molecular weight is 470 g/mol. The van der Waals surface area contributed by atoms with Crippen LogP contribution in [0.4, 0.5) is 16.6 Å². The summed E-state index contributed by atoms with van der Waals surface area (Å²) in [5, 5.41) is 14.0. The summed E-state index contributed by atoms with van der Waals surface area (Å²) in [5.74, 6) is -0.0932. The fourth-order valence-electron chi connectivity index (χ4n) is 3.01. The Kier molecular flexibility index (Phi) is 5.55. The van der Waals surface area contributed by atoms with Crippen molar-refractivity contribution in [2.75, 3.05) is 38.5 Å². The molecule has 2 aromatic heterocycles. The molecular weight excluding hydrogens is 454 g/mol. The van der Waals surface area contributed by atoms with E-state index in [1.807, 2.05) is 7.05 Å². The van der Waals surface area contributed by atoms with E-state index in [0.717, 1.165) is 17.7 Å². The molecule has 0 atom stereocenters. The Balaban J connectivity index is 1.64. The van der Waals surface area contributed by atoms with Crippen molar-refractivity contribution in [2.24, 2.45) is 0 Å². The molecular formula is C16H16ClN7O4S2. The molecule has 1 aliphatic rings. The second-order valence-corrected chi connectivity index (χ2v) is 9.93. The van der Waals surface area contributed by atoms with Crippen LogP contribution in [0.2, 0.25) is 5.15 Å². The van der Waals surface area contributed by atoms with Gasteiger partial charge in [0.1, 0.15) is 6.33 Å². The molecule has 3 aromatic rings. The van der Waals surface area contributed by atoms with E-state index in [1.54, 1.807) is 12.1 Å². The number of nitrogens with one attached hydrogen (secondary N) is 1. The molecule has 1 aliphatic heterocycles. The smallest absolute Gasteiger partial charge is 0.310 e.